The molecule has 18 heavy (non-hydrogen) atoms. The van der Waals surface area contributed by atoms with E-state index in [-0.39, 0.29) is 30.1 Å². The van der Waals surface area contributed by atoms with Gasteiger partial charge in [0.25, 0.3) is 5.69 Å². The Balaban J connectivity index is 2.66. The minimum Gasteiger partial charge on any atom is -0.311 e. The van der Waals surface area contributed by atoms with Gasteiger partial charge in [0.05, 0.1) is 10.7 Å². The summed E-state index contributed by atoms with van der Waals surface area (Å²) in [6, 6.07) is 3.16. The fraction of sp³-hybridized carbons (Fsp3) is 0.400. The van der Waals surface area contributed by atoms with E-state index in [0.717, 1.165) is 24.5 Å². The Morgan fingerprint density at radius 2 is 2.11 bits per heavy atom. The maximum atomic E-state index is 13.0. The third-order valence-electron chi connectivity index (χ3n) is 2.20. The summed E-state index contributed by atoms with van der Waals surface area (Å²) in [4.78, 5) is 10.1. The molecule has 0 saturated carbocycles. The van der Waals surface area contributed by atoms with Crippen LogP contribution >= 0.6 is 0 Å². The summed E-state index contributed by atoms with van der Waals surface area (Å²) < 4.78 is 34.7. The van der Waals surface area contributed by atoms with Gasteiger partial charge in [0, 0.05) is 31.0 Å². The number of hydrogen-bond acceptors (Lipinski definition) is 5. The van der Waals surface area contributed by atoms with Crippen molar-refractivity contribution in [2.75, 3.05) is 18.6 Å². The van der Waals surface area contributed by atoms with Gasteiger partial charge in [-0.15, -0.1) is 0 Å². The van der Waals surface area contributed by atoms with Crippen molar-refractivity contribution < 1.29 is 17.7 Å². The number of benzene rings is 1. The summed E-state index contributed by atoms with van der Waals surface area (Å²) in [5.41, 5.74) is -0.00300. The molecular formula is C10H13FN2O4S. The number of sulfone groups is 1. The van der Waals surface area contributed by atoms with Crippen LogP contribution in [0.1, 0.15) is 5.56 Å². The van der Waals surface area contributed by atoms with Gasteiger partial charge in [-0.25, -0.2) is 12.8 Å². The highest BCUT2D eigenvalue weighted by molar-refractivity contribution is 7.90. The fourth-order valence-electron chi connectivity index (χ4n) is 1.35. The average molecular weight is 276 g/mol. The lowest BCUT2D eigenvalue weighted by Gasteiger charge is -2.05. The quantitative estimate of drug-likeness (QED) is 0.473. The zero-order chi connectivity index (χ0) is 13.8. The van der Waals surface area contributed by atoms with Crippen LogP contribution in [0.25, 0.3) is 0 Å². The van der Waals surface area contributed by atoms with Gasteiger partial charge < -0.3 is 5.32 Å². The van der Waals surface area contributed by atoms with Crippen LogP contribution < -0.4 is 5.32 Å². The lowest BCUT2D eigenvalue weighted by molar-refractivity contribution is -0.385. The molecule has 1 N–H and O–H groups in total. The summed E-state index contributed by atoms with van der Waals surface area (Å²) in [6.45, 7) is 0.204. The Kier molecular flexibility index (Phi) is 4.74. The van der Waals surface area contributed by atoms with Crippen LogP contribution in [0.4, 0.5) is 10.1 Å². The van der Waals surface area contributed by atoms with Gasteiger partial charge in [-0.05, 0) is 12.1 Å². The molecule has 1 aromatic rings. The number of nitrogens with zero attached hydrogens (tertiary/aromatic N) is 1. The van der Waals surface area contributed by atoms with Crippen LogP contribution in [0, 0.1) is 15.9 Å². The molecule has 0 fully saturated rings. The number of nitro groups is 1. The molecule has 0 saturated heterocycles. The Hall–Kier alpha value is -1.54. The van der Waals surface area contributed by atoms with E-state index < -0.39 is 20.6 Å². The van der Waals surface area contributed by atoms with Crippen molar-refractivity contribution in [2.24, 2.45) is 0 Å². The molecule has 0 heterocycles. The first-order valence-electron chi connectivity index (χ1n) is 5.11. The van der Waals surface area contributed by atoms with Crippen molar-refractivity contribution >= 4 is 15.5 Å². The van der Waals surface area contributed by atoms with Crippen molar-refractivity contribution in [2.45, 2.75) is 6.54 Å². The predicted molar refractivity (Wildman–Crippen MR) is 64.5 cm³/mol. The van der Waals surface area contributed by atoms with Crippen LogP contribution in [-0.2, 0) is 16.4 Å². The van der Waals surface area contributed by atoms with Gasteiger partial charge in [0.1, 0.15) is 15.7 Å². The van der Waals surface area contributed by atoms with Crippen molar-refractivity contribution in [3.05, 3.63) is 39.7 Å². The van der Waals surface area contributed by atoms with Crippen LogP contribution in [-0.4, -0.2) is 31.9 Å². The fourth-order valence-corrected chi connectivity index (χ4v) is 1.87. The lowest BCUT2D eigenvalue weighted by Crippen LogP contribution is -2.22. The molecule has 8 heteroatoms. The number of nitro benzene ring substituents is 1. The molecule has 6 nitrogen and oxygen atoms in total. The van der Waals surface area contributed by atoms with E-state index >= 15 is 0 Å². The third kappa shape index (κ3) is 4.76. The minimum atomic E-state index is -3.08. The molecule has 0 spiro atoms. The van der Waals surface area contributed by atoms with Gasteiger partial charge in [0.15, 0.2) is 0 Å². The highest BCUT2D eigenvalue weighted by Crippen LogP contribution is 2.19. The molecule has 0 aliphatic carbocycles. The van der Waals surface area contributed by atoms with Crippen molar-refractivity contribution in [3.63, 3.8) is 0 Å². The van der Waals surface area contributed by atoms with Gasteiger partial charge >= 0.3 is 0 Å². The number of hydrogen-bond donors (Lipinski definition) is 1. The monoisotopic (exact) mass is 276 g/mol. The van der Waals surface area contributed by atoms with Crippen molar-refractivity contribution in [1.29, 1.82) is 0 Å². The van der Waals surface area contributed by atoms with E-state index in [1.54, 1.807) is 0 Å². The minimum absolute atomic E-state index is 0.0452. The van der Waals surface area contributed by atoms with Gasteiger partial charge in [-0.3, -0.25) is 10.1 Å². The molecule has 0 radical (unpaired) electrons. The molecule has 0 atom stereocenters. The smallest absolute Gasteiger partial charge is 0.274 e. The first-order valence-corrected chi connectivity index (χ1v) is 7.17. The normalized spacial score (nSPS) is 11.4. The Morgan fingerprint density at radius 1 is 1.44 bits per heavy atom. The molecule has 1 aromatic carbocycles. The lowest BCUT2D eigenvalue weighted by atomic mass is 10.2. The molecule has 0 aliphatic heterocycles. The van der Waals surface area contributed by atoms with E-state index in [4.69, 9.17) is 0 Å². The maximum Gasteiger partial charge on any atom is 0.274 e. The third-order valence-corrected chi connectivity index (χ3v) is 3.15. The summed E-state index contributed by atoms with van der Waals surface area (Å²) in [7, 11) is -3.08. The molecule has 1 rings (SSSR count). The van der Waals surface area contributed by atoms with Crippen molar-refractivity contribution in [1.82, 2.24) is 5.32 Å². The largest absolute Gasteiger partial charge is 0.311 e. The Labute approximate surface area is 104 Å². The zero-order valence-electron chi connectivity index (χ0n) is 9.72. The molecule has 0 aromatic heterocycles. The van der Waals surface area contributed by atoms with E-state index in [2.05, 4.69) is 5.32 Å². The molecule has 0 amide bonds. The van der Waals surface area contributed by atoms with Gasteiger partial charge in [-0.2, -0.15) is 0 Å². The van der Waals surface area contributed by atoms with E-state index in [0.29, 0.717) is 0 Å². The standard InChI is InChI=1S/C10H13FN2O4S/c1-18(16,17)5-4-12-7-8-6-9(11)2-3-10(8)13(14)15/h2-3,6,12H,4-5,7H2,1H3. The number of rotatable bonds is 6. The number of nitrogens with one attached hydrogen (secondary N) is 1. The number of halogens is 1. The van der Waals surface area contributed by atoms with Crippen LogP contribution in [0.15, 0.2) is 18.2 Å². The molecular weight excluding hydrogens is 263 g/mol. The summed E-state index contributed by atoms with van der Waals surface area (Å²) in [5, 5.41) is 13.4. The van der Waals surface area contributed by atoms with Gasteiger partial charge in [-0.1, -0.05) is 0 Å². The summed E-state index contributed by atoms with van der Waals surface area (Å²) in [5.74, 6) is -0.642. The molecule has 0 bridgehead atoms. The predicted octanol–water partition coefficient (Wildman–Crippen LogP) is 0.868. The van der Waals surface area contributed by atoms with E-state index in [1.165, 1.54) is 0 Å². The van der Waals surface area contributed by atoms with E-state index in [9.17, 15) is 22.9 Å². The highest BCUT2D eigenvalue weighted by atomic mass is 32.2. The first kappa shape index (κ1) is 14.5. The second kappa shape index (κ2) is 5.87. The molecule has 100 valence electrons. The molecule has 0 aliphatic rings. The summed E-state index contributed by atoms with van der Waals surface area (Å²) >= 11 is 0. The van der Waals surface area contributed by atoms with Crippen molar-refractivity contribution in [3.8, 4) is 0 Å². The van der Waals surface area contributed by atoms with Crippen LogP contribution in [0.3, 0.4) is 0 Å². The highest BCUT2D eigenvalue weighted by Gasteiger charge is 2.14. The second-order valence-corrected chi connectivity index (χ2v) is 6.10. The van der Waals surface area contributed by atoms with Crippen LogP contribution in [0.2, 0.25) is 0 Å². The zero-order valence-corrected chi connectivity index (χ0v) is 10.5. The Morgan fingerprint density at radius 3 is 2.67 bits per heavy atom. The first-order chi connectivity index (χ1) is 8.29. The van der Waals surface area contributed by atoms with E-state index in [1.807, 2.05) is 0 Å². The van der Waals surface area contributed by atoms with Gasteiger partial charge in [0.2, 0.25) is 0 Å². The SMILES string of the molecule is CS(=O)(=O)CCNCc1cc(F)ccc1[N+](=O)[O-]. The Bertz CT molecular complexity index is 545. The van der Waals surface area contributed by atoms with Crippen LogP contribution in [0.5, 0.6) is 0 Å². The second-order valence-electron chi connectivity index (χ2n) is 3.84. The average Bonchev–Trinajstić information content (AvgIpc) is 2.22. The topological polar surface area (TPSA) is 89.3 Å². The maximum absolute atomic E-state index is 13.0. The molecule has 0 unspecified atom stereocenters. The summed E-state index contributed by atoms with van der Waals surface area (Å²) in [6.07, 6.45) is 1.10.